The van der Waals surface area contributed by atoms with Gasteiger partial charge in [0.1, 0.15) is 0 Å². The van der Waals surface area contributed by atoms with E-state index in [4.69, 9.17) is 18.9 Å². The van der Waals surface area contributed by atoms with Gasteiger partial charge in [0.2, 0.25) is 0 Å². The molecule has 0 N–H and O–H groups in total. The van der Waals surface area contributed by atoms with Crippen LogP contribution in [-0.4, -0.2) is 43.1 Å². The number of hydrogen-bond acceptors (Lipinski definition) is 6. The van der Waals surface area contributed by atoms with Gasteiger partial charge in [0, 0.05) is 18.8 Å². The van der Waals surface area contributed by atoms with Crippen LogP contribution in [0, 0.1) is 17.3 Å². The Labute approximate surface area is 217 Å². The molecule has 1 heterocycles. The van der Waals surface area contributed by atoms with Crippen LogP contribution in [0.4, 0.5) is 0 Å². The number of hydrogen-bond donors (Lipinski definition) is 0. The van der Waals surface area contributed by atoms with Crippen LogP contribution in [0.15, 0.2) is 34.8 Å². The number of fused-ring (bicyclic) bond motifs is 1. The predicted molar refractivity (Wildman–Crippen MR) is 139 cm³/mol. The third-order valence-corrected chi connectivity index (χ3v) is 7.66. The lowest BCUT2D eigenvalue weighted by atomic mass is 9.72. The molecule has 0 spiro atoms. The van der Waals surface area contributed by atoms with Crippen molar-refractivity contribution in [3.63, 3.8) is 0 Å². The van der Waals surface area contributed by atoms with Crippen molar-refractivity contribution in [3.05, 3.63) is 40.4 Å². The quantitative estimate of drug-likeness (QED) is 0.266. The van der Waals surface area contributed by atoms with Gasteiger partial charge in [-0.25, -0.2) is 0 Å². The molecule has 2 aliphatic rings. The lowest BCUT2D eigenvalue weighted by molar-refractivity contribution is -0.316. The van der Waals surface area contributed by atoms with E-state index in [0.29, 0.717) is 10.4 Å². The highest BCUT2D eigenvalue weighted by molar-refractivity contribution is 9.11. The maximum absolute atomic E-state index is 13.5. The van der Waals surface area contributed by atoms with Crippen LogP contribution in [0.25, 0.3) is 6.08 Å². The first-order valence-corrected chi connectivity index (χ1v) is 13.5. The molecule has 1 aliphatic heterocycles. The van der Waals surface area contributed by atoms with E-state index in [-0.39, 0.29) is 38.1 Å². The molecule has 1 aromatic rings. The SMILES string of the molecule is CCOC(=O)C(C/C(Br)=C\c1ccccc1)(C[C@@H]1O[C@@H]2C[C@H](C)CC[C@H]2C(C)(C)O1)C(=O)OCC. The summed E-state index contributed by atoms with van der Waals surface area (Å²) < 4.78 is 24.4. The zero-order valence-electron chi connectivity index (χ0n) is 21.6. The summed E-state index contributed by atoms with van der Waals surface area (Å²) in [5.41, 5.74) is -1.09. The molecule has 6 nitrogen and oxygen atoms in total. The van der Waals surface area contributed by atoms with Crippen molar-refractivity contribution in [2.75, 3.05) is 13.2 Å². The molecule has 0 radical (unpaired) electrons. The first-order chi connectivity index (χ1) is 16.6. The third-order valence-electron chi connectivity index (χ3n) is 7.15. The Kier molecular flexibility index (Phi) is 9.58. The van der Waals surface area contributed by atoms with E-state index < -0.39 is 29.2 Å². The van der Waals surface area contributed by atoms with Crippen molar-refractivity contribution >= 4 is 33.9 Å². The van der Waals surface area contributed by atoms with Gasteiger partial charge in [0.05, 0.1) is 24.9 Å². The first kappa shape index (κ1) is 27.9. The normalized spacial score (nSPS) is 26.5. The topological polar surface area (TPSA) is 71.1 Å². The van der Waals surface area contributed by atoms with Gasteiger partial charge in [-0.1, -0.05) is 59.6 Å². The minimum Gasteiger partial charge on any atom is -0.465 e. The summed E-state index contributed by atoms with van der Waals surface area (Å²) in [6.07, 6.45) is 4.42. The zero-order valence-corrected chi connectivity index (χ0v) is 23.1. The molecule has 4 atom stereocenters. The average Bonchev–Trinajstić information content (AvgIpc) is 2.78. The number of benzene rings is 1. The maximum Gasteiger partial charge on any atom is 0.324 e. The van der Waals surface area contributed by atoms with Crippen LogP contribution in [0.5, 0.6) is 0 Å². The lowest BCUT2D eigenvalue weighted by Gasteiger charge is -2.51. The summed E-state index contributed by atoms with van der Waals surface area (Å²) in [6.45, 7) is 10.2. The van der Waals surface area contributed by atoms with E-state index in [2.05, 4.69) is 36.7 Å². The second-order valence-corrected chi connectivity index (χ2v) is 11.3. The predicted octanol–water partition coefficient (Wildman–Crippen LogP) is 6.27. The van der Waals surface area contributed by atoms with Crippen molar-refractivity contribution in [1.82, 2.24) is 0 Å². The summed E-state index contributed by atoms with van der Waals surface area (Å²) in [4.78, 5) is 26.9. The zero-order chi connectivity index (χ0) is 25.6. The Morgan fingerprint density at radius 2 is 1.74 bits per heavy atom. The highest BCUT2D eigenvalue weighted by Gasteiger charge is 2.55. The Balaban J connectivity index is 1.95. The van der Waals surface area contributed by atoms with E-state index in [0.717, 1.165) is 24.8 Å². The van der Waals surface area contributed by atoms with Crippen LogP contribution in [0.2, 0.25) is 0 Å². The van der Waals surface area contributed by atoms with Crippen molar-refractivity contribution in [3.8, 4) is 0 Å². The molecule has 3 rings (SSSR count). The molecule has 1 aromatic carbocycles. The summed E-state index contributed by atoms with van der Waals surface area (Å²) in [5, 5.41) is 0. The fourth-order valence-corrected chi connectivity index (χ4v) is 6.11. The minimum atomic E-state index is -1.61. The fraction of sp³-hybridized carbons (Fsp3) is 0.643. The second-order valence-electron chi connectivity index (χ2n) is 10.3. The molecule has 7 heteroatoms. The number of allylic oxidation sites excluding steroid dienone is 1. The highest BCUT2D eigenvalue weighted by Crippen LogP contribution is 2.47. The summed E-state index contributed by atoms with van der Waals surface area (Å²) >= 11 is 3.60. The van der Waals surface area contributed by atoms with Crippen molar-refractivity contribution in [2.45, 2.75) is 84.7 Å². The molecule has 0 aromatic heterocycles. The Morgan fingerprint density at radius 1 is 1.11 bits per heavy atom. The summed E-state index contributed by atoms with van der Waals surface area (Å²) in [5.74, 6) is -0.408. The van der Waals surface area contributed by atoms with Gasteiger partial charge in [0.25, 0.3) is 0 Å². The van der Waals surface area contributed by atoms with Crippen LogP contribution < -0.4 is 0 Å². The molecule has 0 amide bonds. The molecule has 0 unspecified atom stereocenters. The van der Waals surface area contributed by atoms with Gasteiger partial charge in [0.15, 0.2) is 11.7 Å². The molecule has 1 saturated heterocycles. The number of esters is 2. The van der Waals surface area contributed by atoms with Gasteiger partial charge >= 0.3 is 11.9 Å². The standard InChI is InChI=1S/C28H39BrO6/c1-6-32-25(30)28(26(31)33-7-2,17-21(29)16-20-11-9-8-10-12-20)18-24-34-23-15-19(3)13-14-22(23)27(4,5)35-24/h8-12,16,19,22-24H,6-7,13-15,17-18H2,1-5H3/b21-16+/t19-,22-,23-,24-/m1/s1. The molecule has 194 valence electrons. The Hall–Kier alpha value is -1.70. The molecule has 2 fully saturated rings. The van der Waals surface area contributed by atoms with Crippen LogP contribution in [-0.2, 0) is 28.5 Å². The number of carbonyl (C=O) groups is 2. The van der Waals surface area contributed by atoms with Gasteiger partial charge in [-0.2, -0.15) is 0 Å². The van der Waals surface area contributed by atoms with Crippen LogP contribution in [0.3, 0.4) is 0 Å². The molecule has 35 heavy (non-hydrogen) atoms. The maximum atomic E-state index is 13.5. The molecule has 0 bridgehead atoms. The first-order valence-electron chi connectivity index (χ1n) is 12.7. The van der Waals surface area contributed by atoms with Gasteiger partial charge < -0.3 is 18.9 Å². The smallest absolute Gasteiger partial charge is 0.324 e. The number of ether oxygens (including phenoxy) is 4. The fourth-order valence-electron chi connectivity index (χ4n) is 5.37. The number of carbonyl (C=O) groups excluding carboxylic acids is 2. The third kappa shape index (κ3) is 6.75. The Bertz CT molecular complexity index is 878. The minimum absolute atomic E-state index is 0.0173. The monoisotopic (exact) mass is 550 g/mol. The van der Waals surface area contributed by atoms with Crippen molar-refractivity contribution in [1.29, 1.82) is 0 Å². The van der Waals surface area contributed by atoms with E-state index in [1.54, 1.807) is 13.8 Å². The van der Waals surface area contributed by atoms with E-state index in [9.17, 15) is 9.59 Å². The number of halogens is 1. The molecular weight excluding hydrogens is 512 g/mol. The van der Waals surface area contributed by atoms with E-state index >= 15 is 0 Å². The summed E-state index contributed by atoms with van der Waals surface area (Å²) in [6, 6.07) is 9.72. The van der Waals surface area contributed by atoms with Crippen molar-refractivity contribution < 1.29 is 28.5 Å². The lowest BCUT2D eigenvalue weighted by Crippen LogP contribution is -2.56. The second kappa shape index (κ2) is 12.0. The van der Waals surface area contributed by atoms with Crippen LogP contribution >= 0.6 is 15.9 Å². The van der Waals surface area contributed by atoms with Gasteiger partial charge in [-0.15, -0.1) is 0 Å². The van der Waals surface area contributed by atoms with E-state index in [1.807, 2.05) is 36.4 Å². The Morgan fingerprint density at radius 3 is 2.34 bits per heavy atom. The van der Waals surface area contributed by atoms with Crippen LogP contribution in [0.1, 0.15) is 72.3 Å². The number of rotatable bonds is 9. The molecule has 1 aliphatic carbocycles. The van der Waals surface area contributed by atoms with Gasteiger partial charge in [-0.05, 0) is 62.6 Å². The van der Waals surface area contributed by atoms with Crippen molar-refractivity contribution in [2.24, 2.45) is 17.3 Å². The largest absolute Gasteiger partial charge is 0.465 e. The summed E-state index contributed by atoms with van der Waals surface area (Å²) in [7, 11) is 0. The van der Waals surface area contributed by atoms with Gasteiger partial charge in [-0.3, -0.25) is 9.59 Å². The molecule has 1 saturated carbocycles. The highest BCUT2D eigenvalue weighted by atomic mass is 79.9. The average molecular weight is 552 g/mol. The molecular formula is C28H39BrO6. The van der Waals surface area contributed by atoms with E-state index in [1.165, 1.54) is 0 Å².